The number of benzene rings is 2. The van der Waals surface area contributed by atoms with Gasteiger partial charge in [0.25, 0.3) is 0 Å². The number of nitrogens with zero attached hydrogens (tertiary/aromatic N) is 2. The third kappa shape index (κ3) is 5.11. The smallest absolute Gasteiger partial charge is 0.315 e. The van der Waals surface area contributed by atoms with Crippen LogP contribution in [0.2, 0.25) is 0 Å². The Morgan fingerprint density at radius 3 is 2.08 bits per heavy atom. The first kappa shape index (κ1) is 17.5. The fourth-order valence-corrected chi connectivity index (χ4v) is 2.51. The Balaban J connectivity index is 1.42. The van der Waals surface area contributed by atoms with Crippen LogP contribution in [0.15, 0.2) is 67.0 Å². The Labute approximate surface area is 152 Å². The fourth-order valence-electron chi connectivity index (χ4n) is 2.51. The van der Waals surface area contributed by atoms with Gasteiger partial charge in [0.15, 0.2) is 0 Å². The molecule has 0 spiro atoms. The van der Waals surface area contributed by atoms with Crippen molar-refractivity contribution in [3.8, 4) is 5.75 Å². The molecule has 0 unspecified atom stereocenters. The van der Waals surface area contributed by atoms with Gasteiger partial charge in [0, 0.05) is 25.5 Å². The first-order chi connectivity index (χ1) is 12.7. The zero-order valence-electron chi connectivity index (χ0n) is 14.7. The quantitative estimate of drug-likeness (QED) is 0.688. The normalized spacial score (nSPS) is 10.3. The number of carbonyl (C=O) groups excluding carboxylic acids is 1. The maximum absolute atomic E-state index is 11.9. The molecule has 6 heteroatoms. The molecule has 1 aromatic heterocycles. The lowest BCUT2D eigenvalue weighted by molar-refractivity contribution is 0.240. The first-order valence-electron chi connectivity index (χ1n) is 8.43. The minimum atomic E-state index is -0.193. The maximum Gasteiger partial charge on any atom is 0.315 e. The van der Waals surface area contributed by atoms with Crippen LogP contribution < -0.4 is 15.4 Å². The highest BCUT2D eigenvalue weighted by Gasteiger charge is 2.02. The van der Waals surface area contributed by atoms with E-state index in [0.717, 1.165) is 23.4 Å². The first-order valence-corrected chi connectivity index (χ1v) is 8.43. The molecule has 0 aliphatic heterocycles. The van der Waals surface area contributed by atoms with Gasteiger partial charge >= 0.3 is 6.03 Å². The predicted octanol–water partition coefficient (Wildman–Crippen LogP) is 2.94. The number of rotatable bonds is 7. The van der Waals surface area contributed by atoms with Gasteiger partial charge in [0.05, 0.1) is 13.7 Å². The predicted molar refractivity (Wildman–Crippen MR) is 99.8 cm³/mol. The third-order valence-electron chi connectivity index (χ3n) is 3.99. The summed E-state index contributed by atoms with van der Waals surface area (Å²) in [6.45, 7) is 1.69. The molecule has 0 atom stereocenters. The van der Waals surface area contributed by atoms with Gasteiger partial charge in [-0.25, -0.2) is 4.79 Å². The number of urea groups is 1. The van der Waals surface area contributed by atoms with Gasteiger partial charge in [-0.05, 0) is 34.9 Å². The van der Waals surface area contributed by atoms with Gasteiger partial charge < -0.3 is 15.4 Å². The van der Waals surface area contributed by atoms with Crippen molar-refractivity contribution in [3.05, 3.63) is 83.7 Å². The Morgan fingerprint density at radius 2 is 1.54 bits per heavy atom. The van der Waals surface area contributed by atoms with Crippen molar-refractivity contribution in [3.63, 3.8) is 0 Å². The second-order valence-corrected chi connectivity index (χ2v) is 5.90. The minimum Gasteiger partial charge on any atom is -0.497 e. The van der Waals surface area contributed by atoms with Crippen molar-refractivity contribution < 1.29 is 9.53 Å². The SMILES string of the molecule is COc1ccc(CNC(=O)NCc2ccc(Cn3cccn3)cc2)cc1. The average Bonchev–Trinajstić information content (AvgIpc) is 3.19. The van der Waals surface area contributed by atoms with Gasteiger partial charge in [-0.3, -0.25) is 4.68 Å². The summed E-state index contributed by atoms with van der Waals surface area (Å²) in [6.07, 6.45) is 3.70. The van der Waals surface area contributed by atoms with Crippen molar-refractivity contribution in [1.29, 1.82) is 0 Å². The summed E-state index contributed by atoms with van der Waals surface area (Å²) in [7, 11) is 1.63. The van der Waals surface area contributed by atoms with Crippen molar-refractivity contribution >= 4 is 6.03 Å². The second-order valence-electron chi connectivity index (χ2n) is 5.90. The summed E-state index contributed by atoms with van der Waals surface area (Å²) in [5.41, 5.74) is 3.24. The molecule has 6 nitrogen and oxygen atoms in total. The molecule has 3 rings (SSSR count). The number of methoxy groups -OCH3 is 1. The Morgan fingerprint density at radius 1 is 0.962 bits per heavy atom. The van der Waals surface area contributed by atoms with E-state index in [4.69, 9.17) is 4.74 Å². The molecule has 3 aromatic rings. The molecule has 26 heavy (non-hydrogen) atoms. The van der Waals surface area contributed by atoms with Crippen LogP contribution in [0.1, 0.15) is 16.7 Å². The lowest BCUT2D eigenvalue weighted by atomic mass is 10.1. The average molecular weight is 350 g/mol. The number of aromatic nitrogens is 2. The zero-order valence-corrected chi connectivity index (χ0v) is 14.7. The molecule has 0 aliphatic carbocycles. The number of ether oxygens (including phenoxy) is 1. The number of hydrogen-bond acceptors (Lipinski definition) is 3. The maximum atomic E-state index is 11.9. The topological polar surface area (TPSA) is 68.2 Å². The number of hydrogen-bond donors (Lipinski definition) is 2. The highest BCUT2D eigenvalue weighted by Crippen LogP contribution is 2.11. The molecule has 0 saturated heterocycles. The number of carbonyl (C=O) groups is 1. The van der Waals surface area contributed by atoms with E-state index in [1.54, 1.807) is 13.3 Å². The molecule has 0 saturated carbocycles. The van der Waals surface area contributed by atoms with Gasteiger partial charge in [-0.15, -0.1) is 0 Å². The van der Waals surface area contributed by atoms with Crippen LogP contribution in [0.25, 0.3) is 0 Å². The van der Waals surface area contributed by atoms with E-state index in [1.165, 1.54) is 5.56 Å². The summed E-state index contributed by atoms with van der Waals surface area (Å²) in [6, 6.07) is 17.4. The van der Waals surface area contributed by atoms with Gasteiger partial charge in [-0.2, -0.15) is 5.10 Å². The van der Waals surface area contributed by atoms with Crippen LogP contribution in [0.4, 0.5) is 4.79 Å². The van der Waals surface area contributed by atoms with Crippen molar-refractivity contribution in [2.24, 2.45) is 0 Å². The summed E-state index contributed by atoms with van der Waals surface area (Å²) in [5.74, 6) is 0.800. The Kier molecular flexibility index (Phi) is 5.88. The fraction of sp³-hybridized carbons (Fsp3) is 0.200. The molecule has 1 heterocycles. The van der Waals surface area contributed by atoms with Crippen molar-refractivity contribution in [2.45, 2.75) is 19.6 Å². The van der Waals surface area contributed by atoms with E-state index in [9.17, 15) is 4.79 Å². The van der Waals surface area contributed by atoms with Gasteiger partial charge in [-0.1, -0.05) is 36.4 Å². The standard InChI is InChI=1S/C20H22N4O2/c1-26-19-9-7-17(8-10-19)14-22-20(25)21-13-16-3-5-18(6-4-16)15-24-12-2-11-23-24/h2-12H,13-15H2,1H3,(H2,21,22,25). The summed E-state index contributed by atoms with van der Waals surface area (Å²) >= 11 is 0. The van der Waals surface area contributed by atoms with Crippen LogP contribution >= 0.6 is 0 Å². The molecule has 0 aliphatic rings. The Hall–Kier alpha value is -3.28. The van der Waals surface area contributed by atoms with Crippen LogP contribution in [-0.4, -0.2) is 22.9 Å². The van der Waals surface area contributed by atoms with E-state index in [-0.39, 0.29) is 6.03 Å². The van der Waals surface area contributed by atoms with Crippen LogP contribution in [0.3, 0.4) is 0 Å². The molecular formula is C20H22N4O2. The molecule has 0 radical (unpaired) electrons. The summed E-state index contributed by atoms with van der Waals surface area (Å²) in [5, 5.41) is 9.90. The molecule has 2 N–H and O–H groups in total. The molecular weight excluding hydrogens is 328 g/mol. The molecule has 2 aromatic carbocycles. The summed E-state index contributed by atoms with van der Waals surface area (Å²) < 4.78 is 6.99. The Bertz CT molecular complexity index is 812. The molecule has 0 bridgehead atoms. The van der Waals surface area contributed by atoms with E-state index in [1.807, 2.05) is 65.5 Å². The monoisotopic (exact) mass is 350 g/mol. The minimum absolute atomic E-state index is 0.193. The van der Waals surface area contributed by atoms with Crippen LogP contribution in [-0.2, 0) is 19.6 Å². The number of amides is 2. The van der Waals surface area contributed by atoms with Crippen LogP contribution in [0, 0.1) is 0 Å². The van der Waals surface area contributed by atoms with E-state index >= 15 is 0 Å². The lowest BCUT2D eigenvalue weighted by Gasteiger charge is -2.09. The number of nitrogens with one attached hydrogen (secondary N) is 2. The van der Waals surface area contributed by atoms with Gasteiger partial charge in [0.2, 0.25) is 0 Å². The highest BCUT2D eigenvalue weighted by molar-refractivity contribution is 5.73. The van der Waals surface area contributed by atoms with Crippen molar-refractivity contribution in [2.75, 3.05) is 7.11 Å². The zero-order chi connectivity index (χ0) is 18.2. The van der Waals surface area contributed by atoms with E-state index < -0.39 is 0 Å². The molecule has 0 fully saturated rings. The second kappa shape index (κ2) is 8.71. The van der Waals surface area contributed by atoms with Gasteiger partial charge in [0.1, 0.15) is 5.75 Å². The van der Waals surface area contributed by atoms with E-state index in [2.05, 4.69) is 15.7 Å². The molecule has 2 amide bonds. The van der Waals surface area contributed by atoms with E-state index in [0.29, 0.717) is 13.1 Å². The van der Waals surface area contributed by atoms with Crippen molar-refractivity contribution in [1.82, 2.24) is 20.4 Å². The molecule has 134 valence electrons. The lowest BCUT2D eigenvalue weighted by Crippen LogP contribution is -2.34. The highest BCUT2D eigenvalue weighted by atomic mass is 16.5. The summed E-state index contributed by atoms with van der Waals surface area (Å²) in [4.78, 5) is 11.9. The largest absolute Gasteiger partial charge is 0.497 e. The third-order valence-corrected chi connectivity index (χ3v) is 3.99. The van der Waals surface area contributed by atoms with Crippen LogP contribution in [0.5, 0.6) is 5.75 Å².